The minimum Gasteiger partial charge on any atom is -0.393 e. The summed E-state index contributed by atoms with van der Waals surface area (Å²) in [5.41, 5.74) is 0. The average Bonchev–Trinajstić information content (AvgIpc) is 2.53. The molecule has 124 valence electrons. The van der Waals surface area contributed by atoms with E-state index in [2.05, 4.69) is 17.3 Å². The van der Waals surface area contributed by atoms with Crippen LogP contribution in [0.2, 0.25) is 0 Å². The van der Waals surface area contributed by atoms with Gasteiger partial charge in [0.05, 0.1) is 18.3 Å². The van der Waals surface area contributed by atoms with Crippen molar-refractivity contribution in [1.82, 2.24) is 10.2 Å². The van der Waals surface area contributed by atoms with Gasteiger partial charge in [-0.15, -0.1) is 0 Å². The number of nitrogens with zero attached hydrogens (tertiary/aromatic N) is 1. The zero-order chi connectivity index (χ0) is 14.9. The van der Waals surface area contributed by atoms with Gasteiger partial charge in [-0.2, -0.15) is 0 Å². The van der Waals surface area contributed by atoms with Crippen molar-refractivity contribution in [3.05, 3.63) is 0 Å². The Kier molecular flexibility index (Phi) is 8.01. The van der Waals surface area contributed by atoms with Crippen molar-refractivity contribution in [3.63, 3.8) is 0 Å². The number of rotatable bonds is 2. The zero-order valence-electron chi connectivity index (χ0n) is 13.7. The molecule has 0 bridgehead atoms. The fourth-order valence-corrected chi connectivity index (χ4v) is 3.40. The molecule has 3 fully saturated rings. The second-order valence-corrected chi connectivity index (χ2v) is 6.88. The predicted octanol–water partition coefficient (Wildman–Crippen LogP) is 2.16. The lowest BCUT2D eigenvalue weighted by Crippen LogP contribution is -2.35. The second-order valence-electron chi connectivity index (χ2n) is 6.88. The Hall–Kier alpha value is -0.160. The van der Waals surface area contributed by atoms with Crippen LogP contribution in [0.15, 0.2) is 0 Å². The maximum atomic E-state index is 9.00. The Labute approximate surface area is 130 Å². The van der Waals surface area contributed by atoms with Gasteiger partial charge in [0.15, 0.2) is 0 Å². The lowest BCUT2D eigenvalue weighted by Gasteiger charge is -2.30. The summed E-state index contributed by atoms with van der Waals surface area (Å²) >= 11 is 0. The third-order valence-corrected chi connectivity index (χ3v) is 4.91. The van der Waals surface area contributed by atoms with Crippen LogP contribution >= 0.6 is 0 Å². The normalized spacial score (nSPS) is 27.1. The number of aliphatic hydroxyl groups is 1. The van der Waals surface area contributed by atoms with Crippen molar-refractivity contribution in [3.8, 4) is 0 Å². The van der Waals surface area contributed by atoms with Gasteiger partial charge >= 0.3 is 0 Å². The van der Waals surface area contributed by atoms with E-state index >= 15 is 0 Å². The molecule has 0 amide bonds. The minimum absolute atomic E-state index is 0.0220. The maximum absolute atomic E-state index is 9.00. The molecule has 2 aliphatic heterocycles. The Morgan fingerprint density at radius 2 is 1.43 bits per heavy atom. The van der Waals surface area contributed by atoms with Crippen LogP contribution in [0, 0.1) is 0 Å². The van der Waals surface area contributed by atoms with E-state index in [1.165, 1.54) is 44.9 Å². The molecule has 1 aliphatic carbocycles. The van der Waals surface area contributed by atoms with E-state index in [-0.39, 0.29) is 6.10 Å². The largest absolute Gasteiger partial charge is 0.393 e. The molecule has 4 heteroatoms. The van der Waals surface area contributed by atoms with E-state index < -0.39 is 0 Å². The molecule has 2 N–H and O–H groups in total. The lowest BCUT2D eigenvalue weighted by molar-refractivity contribution is -0.0419. The van der Waals surface area contributed by atoms with Crippen LogP contribution in [0.5, 0.6) is 0 Å². The van der Waals surface area contributed by atoms with Crippen LogP contribution in [0.3, 0.4) is 0 Å². The number of ether oxygens (including phenoxy) is 1. The molecule has 0 unspecified atom stereocenters. The molecular weight excluding hydrogens is 264 g/mol. The Bertz CT molecular complexity index is 230. The second kappa shape index (κ2) is 9.78. The highest BCUT2D eigenvalue weighted by atomic mass is 16.5. The smallest absolute Gasteiger partial charge is 0.0603 e. The van der Waals surface area contributed by atoms with Gasteiger partial charge in [0, 0.05) is 13.1 Å². The van der Waals surface area contributed by atoms with Crippen LogP contribution < -0.4 is 5.32 Å². The van der Waals surface area contributed by atoms with Crippen molar-refractivity contribution in [2.45, 2.75) is 76.1 Å². The van der Waals surface area contributed by atoms with Crippen molar-refractivity contribution in [2.75, 3.05) is 33.2 Å². The molecular formula is C17H34N2O2. The SMILES string of the molecule is C1CCC(OC2CCNCC2)CC1.CN1CCC(O)CC1. The number of hydrogen-bond donors (Lipinski definition) is 2. The van der Waals surface area contributed by atoms with Crippen molar-refractivity contribution >= 4 is 0 Å². The summed E-state index contributed by atoms with van der Waals surface area (Å²) in [5, 5.41) is 12.4. The molecule has 3 aliphatic rings. The quantitative estimate of drug-likeness (QED) is 0.820. The van der Waals surface area contributed by atoms with Gasteiger partial charge in [0.2, 0.25) is 0 Å². The van der Waals surface area contributed by atoms with E-state index in [4.69, 9.17) is 9.84 Å². The van der Waals surface area contributed by atoms with E-state index in [0.717, 1.165) is 39.0 Å². The van der Waals surface area contributed by atoms with Gasteiger partial charge in [-0.25, -0.2) is 0 Å². The van der Waals surface area contributed by atoms with Gasteiger partial charge in [0.25, 0.3) is 0 Å². The summed E-state index contributed by atoms with van der Waals surface area (Å²) in [7, 11) is 2.09. The standard InChI is InChI=1S/C11H21NO.C6H13NO/c1-2-4-10(5-3-1)13-11-6-8-12-9-7-11;1-7-4-2-6(8)3-5-7/h10-12H,1-9H2;6,8H,2-5H2,1H3. The van der Waals surface area contributed by atoms with E-state index in [1.54, 1.807) is 0 Å². The molecule has 0 aromatic carbocycles. The first-order chi connectivity index (χ1) is 10.2. The molecule has 3 rings (SSSR count). The first kappa shape index (κ1) is 17.2. The molecule has 0 atom stereocenters. The summed E-state index contributed by atoms with van der Waals surface area (Å²) in [5.74, 6) is 0. The highest BCUT2D eigenvalue weighted by Gasteiger charge is 2.20. The molecule has 2 saturated heterocycles. The molecule has 0 radical (unpaired) electrons. The topological polar surface area (TPSA) is 44.7 Å². The Morgan fingerprint density at radius 1 is 0.857 bits per heavy atom. The van der Waals surface area contributed by atoms with Gasteiger partial charge < -0.3 is 20.1 Å². The number of aliphatic hydroxyl groups excluding tert-OH is 1. The van der Waals surface area contributed by atoms with Crippen LogP contribution in [0.25, 0.3) is 0 Å². The Morgan fingerprint density at radius 3 is 2.00 bits per heavy atom. The molecule has 1 saturated carbocycles. The first-order valence-corrected chi connectivity index (χ1v) is 8.97. The minimum atomic E-state index is -0.0220. The van der Waals surface area contributed by atoms with Crippen LogP contribution in [0.1, 0.15) is 57.8 Å². The van der Waals surface area contributed by atoms with Gasteiger partial charge in [-0.3, -0.25) is 0 Å². The predicted molar refractivity (Wildman–Crippen MR) is 86.6 cm³/mol. The van der Waals surface area contributed by atoms with Crippen molar-refractivity contribution in [2.24, 2.45) is 0 Å². The molecule has 0 spiro atoms. The number of piperidine rings is 2. The number of likely N-dealkylation sites (tertiary alicyclic amines) is 1. The van der Waals surface area contributed by atoms with Crippen molar-refractivity contribution in [1.29, 1.82) is 0 Å². The van der Waals surface area contributed by atoms with Crippen LogP contribution in [-0.4, -0.2) is 61.5 Å². The van der Waals surface area contributed by atoms with Crippen LogP contribution in [0.4, 0.5) is 0 Å². The summed E-state index contributed by atoms with van der Waals surface area (Å²) in [6.07, 6.45) is 12.3. The Balaban J connectivity index is 0.000000173. The number of hydrogen-bond acceptors (Lipinski definition) is 4. The third-order valence-electron chi connectivity index (χ3n) is 4.91. The summed E-state index contributed by atoms with van der Waals surface area (Å²) in [6, 6.07) is 0. The number of nitrogens with one attached hydrogen (secondary N) is 1. The molecule has 4 nitrogen and oxygen atoms in total. The van der Waals surface area contributed by atoms with Crippen molar-refractivity contribution < 1.29 is 9.84 Å². The molecule has 0 aromatic heterocycles. The average molecular weight is 298 g/mol. The highest BCUT2D eigenvalue weighted by Crippen LogP contribution is 2.23. The van der Waals surface area contributed by atoms with Gasteiger partial charge in [-0.1, -0.05) is 19.3 Å². The zero-order valence-corrected chi connectivity index (χ0v) is 13.7. The van der Waals surface area contributed by atoms with E-state index in [0.29, 0.717) is 12.2 Å². The van der Waals surface area contributed by atoms with Crippen LogP contribution in [-0.2, 0) is 4.74 Å². The summed E-state index contributed by atoms with van der Waals surface area (Å²) < 4.78 is 6.09. The van der Waals surface area contributed by atoms with Gasteiger partial charge in [-0.05, 0) is 58.7 Å². The maximum Gasteiger partial charge on any atom is 0.0603 e. The van der Waals surface area contributed by atoms with E-state index in [1.807, 2.05) is 0 Å². The molecule has 21 heavy (non-hydrogen) atoms. The van der Waals surface area contributed by atoms with Gasteiger partial charge in [0.1, 0.15) is 0 Å². The first-order valence-electron chi connectivity index (χ1n) is 8.97. The fourth-order valence-electron chi connectivity index (χ4n) is 3.40. The lowest BCUT2D eigenvalue weighted by atomic mass is 9.97. The summed E-state index contributed by atoms with van der Waals surface area (Å²) in [4.78, 5) is 2.24. The molecule has 0 aromatic rings. The van der Waals surface area contributed by atoms with E-state index in [9.17, 15) is 0 Å². The summed E-state index contributed by atoms with van der Waals surface area (Å²) in [6.45, 7) is 4.41. The third kappa shape index (κ3) is 7.09. The fraction of sp³-hybridized carbons (Fsp3) is 1.00. The highest BCUT2D eigenvalue weighted by molar-refractivity contribution is 4.72. The monoisotopic (exact) mass is 298 g/mol. The molecule has 2 heterocycles.